The lowest BCUT2D eigenvalue weighted by molar-refractivity contribution is 0.0997. The number of hydrogen-bond acceptors (Lipinski definition) is 4. The number of nitrogens with two attached hydrogens (primary N) is 1. The lowest BCUT2D eigenvalue weighted by atomic mass is 10.1. The van der Waals surface area contributed by atoms with Crippen molar-refractivity contribution in [1.82, 2.24) is 4.90 Å². The van der Waals surface area contributed by atoms with Crippen LogP contribution in [0.3, 0.4) is 0 Å². The van der Waals surface area contributed by atoms with Crippen molar-refractivity contribution in [3.63, 3.8) is 0 Å². The van der Waals surface area contributed by atoms with Crippen LogP contribution in [0.2, 0.25) is 0 Å². The van der Waals surface area contributed by atoms with Crippen LogP contribution in [0.15, 0.2) is 30.3 Å². The zero-order chi connectivity index (χ0) is 21.7. The Morgan fingerprint density at radius 1 is 1.17 bits per heavy atom. The molecule has 0 aromatic heterocycles. The third-order valence-electron chi connectivity index (χ3n) is 4.13. The normalized spacial score (nSPS) is 10.8. The van der Waals surface area contributed by atoms with E-state index in [4.69, 9.17) is 10.5 Å². The van der Waals surface area contributed by atoms with Gasteiger partial charge in [0.25, 0.3) is 5.91 Å². The predicted octanol–water partition coefficient (Wildman–Crippen LogP) is 4.09. The molecule has 0 unspecified atom stereocenters. The van der Waals surface area contributed by atoms with Crippen molar-refractivity contribution in [3.8, 4) is 17.2 Å². The van der Waals surface area contributed by atoms with Gasteiger partial charge in [-0.3, -0.25) is 4.79 Å². The van der Waals surface area contributed by atoms with Gasteiger partial charge in [0, 0.05) is 19.2 Å². The highest BCUT2D eigenvalue weighted by molar-refractivity contribution is 5.95. The number of carboxylic acid groups (broad SMARTS) is 1. The highest BCUT2D eigenvalue weighted by Gasteiger charge is 2.19. The average molecular weight is 408 g/mol. The lowest BCUT2D eigenvalue weighted by Gasteiger charge is -2.20. The number of nitrogens with zero attached hydrogens (tertiary/aromatic N) is 1. The minimum absolute atomic E-state index is 0.109. The number of hydrogen-bond donors (Lipinski definition) is 3. The molecule has 0 aliphatic rings. The minimum atomic E-state index is -1.18. The van der Waals surface area contributed by atoms with Crippen LogP contribution in [0, 0.1) is 17.6 Å². The van der Waals surface area contributed by atoms with Crippen LogP contribution >= 0.6 is 0 Å². The quantitative estimate of drug-likeness (QED) is 0.609. The van der Waals surface area contributed by atoms with Gasteiger partial charge in [0.15, 0.2) is 17.4 Å². The number of ether oxygens (including phenoxy) is 1. The molecule has 0 saturated carbocycles. The molecule has 0 saturated heterocycles. The maximum atomic E-state index is 14.4. The van der Waals surface area contributed by atoms with Gasteiger partial charge >= 0.3 is 6.09 Å². The summed E-state index contributed by atoms with van der Waals surface area (Å²) in [6.45, 7) is 3.95. The highest BCUT2D eigenvalue weighted by Crippen LogP contribution is 2.32. The van der Waals surface area contributed by atoms with E-state index >= 15 is 0 Å². The number of carbonyl (C=O) groups is 2. The third-order valence-corrected chi connectivity index (χ3v) is 4.13. The summed E-state index contributed by atoms with van der Waals surface area (Å²) in [5, 5.41) is 19.0. The van der Waals surface area contributed by atoms with Crippen molar-refractivity contribution in [2.45, 2.75) is 26.8 Å². The van der Waals surface area contributed by atoms with Gasteiger partial charge in [0.1, 0.15) is 11.5 Å². The molecule has 0 spiro atoms. The maximum Gasteiger partial charge on any atom is 0.407 e. The molecule has 2 aromatic carbocycles. The van der Waals surface area contributed by atoms with Gasteiger partial charge in [-0.2, -0.15) is 0 Å². The van der Waals surface area contributed by atoms with Crippen LogP contribution < -0.4 is 10.5 Å². The Labute approximate surface area is 166 Å². The zero-order valence-corrected chi connectivity index (χ0v) is 16.0. The Balaban J connectivity index is 2.21. The van der Waals surface area contributed by atoms with E-state index in [1.807, 2.05) is 13.8 Å². The maximum absolute atomic E-state index is 14.4. The van der Waals surface area contributed by atoms with E-state index in [1.165, 1.54) is 6.07 Å². The van der Waals surface area contributed by atoms with Gasteiger partial charge in [-0.15, -0.1) is 0 Å². The molecule has 4 N–H and O–H groups in total. The molecule has 9 heteroatoms. The van der Waals surface area contributed by atoms with Crippen LogP contribution in [0.4, 0.5) is 13.6 Å². The van der Waals surface area contributed by atoms with Crippen molar-refractivity contribution in [3.05, 3.63) is 53.1 Å². The predicted molar refractivity (Wildman–Crippen MR) is 101 cm³/mol. The second-order valence-electron chi connectivity index (χ2n) is 6.92. The number of benzene rings is 2. The Hall–Kier alpha value is -3.36. The molecule has 2 aromatic rings. The smallest absolute Gasteiger partial charge is 0.407 e. The summed E-state index contributed by atoms with van der Waals surface area (Å²) in [7, 11) is 0. The summed E-state index contributed by atoms with van der Waals surface area (Å²) in [5.74, 6) is -3.98. The van der Waals surface area contributed by atoms with E-state index in [-0.39, 0.29) is 35.9 Å². The van der Waals surface area contributed by atoms with Crippen LogP contribution in [-0.4, -0.2) is 33.7 Å². The first-order valence-electron chi connectivity index (χ1n) is 8.85. The summed E-state index contributed by atoms with van der Waals surface area (Å²) >= 11 is 0. The molecule has 0 aliphatic carbocycles. The molecule has 156 valence electrons. The van der Waals surface area contributed by atoms with Gasteiger partial charge in [0.05, 0.1) is 5.56 Å². The number of primary amides is 1. The van der Waals surface area contributed by atoms with Crippen LogP contribution in [0.1, 0.15) is 36.2 Å². The Morgan fingerprint density at radius 2 is 1.79 bits per heavy atom. The first-order chi connectivity index (χ1) is 13.6. The summed E-state index contributed by atoms with van der Waals surface area (Å²) in [5.41, 5.74) is 5.04. The number of carbonyl (C=O) groups excluding carboxylic acids is 1. The second kappa shape index (κ2) is 9.22. The molecule has 2 rings (SSSR count). The molecule has 0 atom stereocenters. The van der Waals surface area contributed by atoms with E-state index in [1.54, 1.807) is 0 Å². The van der Waals surface area contributed by atoms with Crippen molar-refractivity contribution in [1.29, 1.82) is 0 Å². The first-order valence-corrected chi connectivity index (χ1v) is 8.85. The third kappa shape index (κ3) is 5.81. The zero-order valence-electron chi connectivity index (χ0n) is 16.0. The van der Waals surface area contributed by atoms with Gasteiger partial charge in [-0.25, -0.2) is 13.6 Å². The van der Waals surface area contributed by atoms with Crippen molar-refractivity contribution < 1.29 is 33.3 Å². The average Bonchev–Trinajstić information content (AvgIpc) is 2.61. The number of phenols is 1. The Morgan fingerprint density at radius 3 is 2.28 bits per heavy atom. The van der Waals surface area contributed by atoms with Crippen LogP contribution in [-0.2, 0) is 6.54 Å². The molecular weight excluding hydrogens is 386 g/mol. The summed E-state index contributed by atoms with van der Waals surface area (Å²) in [6, 6.07) is 5.37. The van der Waals surface area contributed by atoms with E-state index in [2.05, 4.69) is 0 Å². The fourth-order valence-electron chi connectivity index (χ4n) is 2.58. The number of amides is 2. The van der Waals surface area contributed by atoms with Gasteiger partial charge in [-0.1, -0.05) is 13.8 Å². The largest absolute Gasteiger partial charge is 0.507 e. The van der Waals surface area contributed by atoms with Gasteiger partial charge in [0.2, 0.25) is 0 Å². The fourth-order valence-corrected chi connectivity index (χ4v) is 2.58. The van der Waals surface area contributed by atoms with Crippen molar-refractivity contribution in [2.75, 3.05) is 6.54 Å². The molecule has 0 heterocycles. The number of aromatic hydroxyl groups is 1. The fraction of sp³-hybridized carbons (Fsp3) is 0.300. The van der Waals surface area contributed by atoms with E-state index in [0.29, 0.717) is 6.42 Å². The molecule has 0 bridgehead atoms. The Kier molecular flexibility index (Phi) is 6.98. The molecular formula is C20H22F2N2O5. The van der Waals surface area contributed by atoms with Crippen molar-refractivity contribution in [2.24, 2.45) is 11.7 Å². The molecule has 0 radical (unpaired) electrons. The van der Waals surface area contributed by atoms with Crippen LogP contribution in [0.5, 0.6) is 17.2 Å². The molecule has 7 nitrogen and oxygen atoms in total. The SMILES string of the molecule is CC(C)CCN(Cc1cc(F)c(Oc2ccc(C(N)=O)c(O)c2)c(F)c1)C(=O)O. The van der Waals surface area contributed by atoms with E-state index < -0.39 is 35.1 Å². The minimum Gasteiger partial charge on any atom is -0.507 e. The topological polar surface area (TPSA) is 113 Å². The standard InChI is InChI=1S/C20H22F2N2O5/c1-11(2)5-6-24(20(27)28)10-12-7-15(21)18(16(22)8-12)29-13-3-4-14(19(23)26)17(25)9-13/h3-4,7-9,11,25H,5-6,10H2,1-2H3,(H2,23,26)(H,27,28). The molecule has 0 fully saturated rings. The Bertz CT molecular complexity index is 895. The second-order valence-corrected chi connectivity index (χ2v) is 6.92. The van der Waals surface area contributed by atoms with E-state index in [0.717, 1.165) is 29.2 Å². The monoisotopic (exact) mass is 408 g/mol. The summed E-state index contributed by atoms with van der Waals surface area (Å²) < 4.78 is 34.0. The number of halogens is 2. The summed E-state index contributed by atoms with van der Waals surface area (Å²) in [4.78, 5) is 23.5. The molecule has 0 aliphatic heterocycles. The van der Waals surface area contributed by atoms with Crippen molar-refractivity contribution >= 4 is 12.0 Å². The molecule has 2 amide bonds. The van der Waals surface area contributed by atoms with Gasteiger partial charge in [-0.05, 0) is 42.2 Å². The van der Waals surface area contributed by atoms with Crippen LogP contribution in [0.25, 0.3) is 0 Å². The summed E-state index contributed by atoms with van der Waals surface area (Å²) in [6.07, 6.45) is -0.569. The molecule has 29 heavy (non-hydrogen) atoms. The van der Waals surface area contributed by atoms with E-state index in [9.17, 15) is 28.6 Å². The first kappa shape index (κ1) is 21.9. The van der Waals surface area contributed by atoms with Gasteiger partial charge < -0.3 is 25.6 Å². The number of rotatable bonds is 8. The lowest BCUT2D eigenvalue weighted by Crippen LogP contribution is -2.30. The highest BCUT2D eigenvalue weighted by atomic mass is 19.1.